The molecule has 0 aliphatic carbocycles. The molecule has 0 unspecified atom stereocenters. The number of aromatic nitrogens is 3. The van der Waals surface area contributed by atoms with E-state index in [9.17, 15) is 4.79 Å². The second-order valence-electron chi connectivity index (χ2n) is 6.11. The molecular formula is C21H16ClN5O. The lowest BCUT2D eigenvalue weighted by Gasteiger charge is -2.08. The van der Waals surface area contributed by atoms with Crippen molar-refractivity contribution in [3.05, 3.63) is 89.3 Å². The molecule has 4 aromatic rings. The lowest BCUT2D eigenvalue weighted by atomic mass is 10.2. The van der Waals surface area contributed by atoms with Crippen molar-refractivity contribution in [2.45, 2.75) is 6.54 Å². The zero-order valence-electron chi connectivity index (χ0n) is 14.8. The Kier molecular flexibility index (Phi) is 5.12. The van der Waals surface area contributed by atoms with Crippen LogP contribution >= 0.6 is 11.6 Å². The largest absolute Gasteiger partial charge is 0.348 e. The molecule has 2 N–H and O–H groups in total. The first kappa shape index (κ1) is 17.9. The number of carbonyl (C=O) groups is 1. The Bertz CT molecular complexity index is 1110. The molecule has 2 heterocycles. The molecule has 0 saturated carbocycles. The highest BCUT2D eigenvalue weighted by Crippen LogP contribution is 2.22. The van der Waals surface area contributed by atoms with Gasteiger partial charge in [0.25, 0.3) is 5.91 Å². The smallest absolute Gasteiger partial charge is 0.254 e. The Morgan fingerprint density at radius 3 is 2.46 bits per heavy atom. The molecule has 0 aliphatic heterocycles. The number of para-hydroxylation sites is 1. The van der Waals surface area contributed by atoms with Crippen LogP contribution in [0.15, 0.2) is 73.2 Å². The lowest BCUT2D eigenvalue weighted by Crippen LogP contribution is -2.23. The van der Waals surface area contributed by atoms with Crippen molar-refractivity contribution in [3.8, 4) is 0 Å². The van der Waals surface area contributed by atoms with Crippen molar-refractivity contribution < 1.29 is 4.79 Å². The van der Waals surface area contributed by atoms with E-state index in [0.717, 1.165) is 22.2 Å². The van der Waals surface area contributed by atoms with Crippen molar-refractivity contribution in [2.75, 3.05) is 5.32 Å². The van der Waals surface area contributed by atoms with Gasteiger partial charge in [0.2, 0.25) is 5.95 Å². The number of carbonyl (C=O) groups excluding carboxylic acids is 1. The van der Waals surface area contributed by atoms with E-state index in [1.165, 1.54) is 12.4 Å². The number of halogens is 1. The van der Waals surface area contributed by atoms with E-state index in [1.807, 2.05) is 42.5 Å². The fourth-order valence-electron chi connectivity index (χ4n) is 2.72. The Labute approximate surface area is 166 Å². The number of nitrogens with zero attached hydrogens (tertiary/aromatic N) is 3. The lowest BCUT2D eigenvalue weighted by molar-refractivity contribution is 0.0950. The summed E-state index contributed by atoms with van der Waals surface area (Å²) < 4.78 is 0. The molecular weight excluding hydrogens is 374 g/mol. The van der Waals surface area contributed by atoms with Gasteiger partial charge in [0, 0.05) is 35.5 Å². The van der Waals surface area contributed by atoms with E-state index in [0.29, 0.717) is 23.1 Å². The first-order valence-electron chi connectivity index (χ1n) is 8.64. The summed E-state index contributed by atoms with van der Waals surface area (Å²) in [6.45, 7) is 0.400. The van der Waals surface area contributed by atoms with Crippen LogP contribution in [-0.2, 0) is 6.54 Å². The van der Waals surface area contributed by atoms with E-state index >= 15 is 0 Å². The summed E-state index contributed by atoms with van der Waals surface area (Å²) in [6.07, 6.45) is 4.72. The van der Waals surface area contributed by atoms with Crippen molar-refractivity contribution >= 4 is 40.0 Å². The number of rotatable bonds is 5. The molecule has 0 aliphatic rings. The third-order valence-electron chi connectivity index (χ3n) is 4.16. The Balaban J connectivity index is 1.43. The van der Waals surface area contributed by atoms with E-state index in [1.54, 1.807) is 18.3 Å². The van der Waals surface area contributed by atoms with Gasteiger partial charge in [-0.2, -0.15) is 0 Å². The summed E-state index contributed by atoms with van der Waals surface area (Å²) in [6, 6.07) is 17.0. The topological polar surface area (TPSA) is 79.8 Å². The van der Waals surface area contributed by atoms with Gasteiger partial charge in [-0.15, -0.1) is 0 Å². The van der Waals surface area contributed by atoms with Crippen molar-refractivity contribution in [3.63, 3.8) is 0 Å². The highest BCUT2D eigenvalue weighted by Gasteiger charge is 2.08. The van der Waals surface area contributed by atoms with E-state index in [-0.39, 0.29) is 5.91 Å². The van der Waals surface area contributed by atoms with Crippen molar-refractivity contribution in [1.29, 1.82) is 0 Å². The second kappa shape index (κ2) is 8.02. The highest BCUT2D eigenvalue weighted by atomic mass is 35.5. The molecule has 0 radical (unpaired) electrons. The number of amides is 1. The average molecular weight is 390 g/mol. The average Bonchev–Trinajstić information content (AvgIpc) is 2.74. The fraction of sp³-hybridized carbons (Fsp3) is 0.0476. The van der Waals surface area contributed by atoms with Crippen LogP contribution in [0.2, 0.25) is 5.02 Å². The minimum atomic E-state index is -0.242. The number of hydrogen-bond acceptors (Lipinski definition) is 5. The molecule has 2 aromatic carbocycles. The molecule has 0 fully saturated rings. The number of benzene rings is 2. The SMILES string of the molecule is O=C(NCc1ccc(Cl)cc1)c1cnc(Nc2cccc3cccnc23)nc1. The summed E-state index contributed by atoms with van der Waals surface area (Å²) in [4.78, 5) is 25.2. The molecule has 138 valence electrons. The van der Waals surface area contributed by atoms with E-state index in [2.05, 4.69) is 25.6 Å². The molecule has 0 atom stereocenters. The maximum atomic E-state index is 12.3. The highest BCUT2D eigenvalue weighted by molar-refractivity contribution is 6.30. The van der Waals surface area contributed by atoms with Crippen molar-refractivity contribution in [2.24, 2.45) is 0 Å². The van der Waals surface area contributed by atoms with Gasteiger partial charge in [-0.1, -0.05) is 41.9 Å². The van der Waals surface area contributed by atoms with Crippen LogP contribution < -0.4 is 10.6 Å². The molecule has 0 saturated heterocycles. The number of hydrogen-bond donors (Lipinski definition) is 2. The van der Waals surface area contributed by atoms with Crippen LogP contribution in [-0.4, -0.2) is 20.9 Å². The van der Waals surface area contributed by atoms with Gasteiger partial charge < -0.3 is 10.6 Å². The molecule has 2 aromatic heterocycles. The van der Waals surface area contributed by atoms with Crippen LogP contribution in [0.1, 0.15) is 15.9 Å². The van der Waals surface area contributed by atoms with Gasteiger partial charge in [-0.05, 0) is 29.8 Å². The first-order valence-corrected chi connectivity index (χ1v) is 9.02. The third kappa shape index (κ3) is 4.07. The summed E-state index contributed by atoms with van der Waals surface area (Å²) in [5.41, 5.74) is 2.98. The van der Waals surface area contributed by atoms with Gasteiger partial charge in [-0.25, -0.2) is 9.97 Å². The number of nitrogens with one attached hydrogen (secondary N) is 2. The Morgan fingerprint density at radius 2 is 1.68 bits per heavy atom. The molecule has 28 heavy (non-hydrogen) atoms. The normalized spacial score (nSPS) is 10.6. The molecule has 4 rings (SSSR count). The zero-order chi connectivity index (χ0) is 19.3. The van der Waals surface area contributed by atoms with Gasteiger partial charge >= 0.3 is 0 Å². The Hall–Kier alpha value is -3.51. The summed E-state index contributed by atoms with van der Waals surface area (Å²) in [5.74, 6) is 0.153. The van der Waals surface area contributed by atoms with Gasteiger partial charge in [0.15, 0.2) is 0 Å². The number of pyridine rings is 1. The van der Waals surface area contributed by atoms with Crippen LogP contribution in [0.3, 0.4) is 0 Å². The summed E-state index contributed by atoms with van der Waals surface area (Å²) in [5, 5.41) is 7.66. The molecule has 7 heteroatoms. The first-order chi connectivity index (χ1) is 13.7. The van der Waals surface area contributed by atoms with Crippen LogP contribution in [0.4, 0.5) is 11.6 Å². The van der Waals surface area contributed by atoms with Crippen LogP contribution in [0, 0.1) is 0 Å². The van der Waals surface area contributed by atoms with E-state index < -0.39 is 0 Å². The van der Waals surface area contributed by atoms with Crippen LogP contribution in [0.25, 0.3) is 10.9 Å². The minimum Gasteiger partial charge on any atom is -0.348 e. The van der Waals surface area contributed by atoms with Crippen molar-refractivity contribution in [1.82, 2.24) is 20.3 Å². The molecule has 1 amide bonds. The monoisotopic (exact) mass is 389 g/mol. The maximum absolute atomic E-state index is 12.3. The third-order valence-corrected chi connectivity index (χ3v) is 4.41. The second-order valence-corrected chi connectivity index (χ2v) is 6.55. The maximum Gasteiger partial charge on any atom is 0.254 e. The predicted octanol–water partition coefficient (Wildman–Crippen LogP) is 4.35. The quantitative estimate of drug-likeness (QED) is 0.530. The number of anilines is 2. The predicted molar refractivity (Wildman–Crippen MR) is 110 cm³/mol. The van der Waals surface area contributed by atoms with E-state index in [4.69, 9.17) is 11.6 Å². The van der Waals surface area contributed by atoms with Gasteiger partial charge in [-0.3, -0.25) is 9.78 Å². The molecule has 0 spiro atoms. The molecule has 6 nitrogen and oxygen atoms in total. The Morgan fingerprint density at radius 1 is 0.929 bits per heavy atom. The minimum absolute atomic E-state index is 0.242. The van der Waals surface area contributed by atoms with Crippen LogP contribution in [0.5, 0.6) is 0 Å². The fourth-order valence-corrected chi connectivity index (χ4v) is 2.85. The molecule has 0 bridgehead atoms. The van der Waals surface area contributed by atoms with Gasteiger partial charge in [0.05, 0.1) is 16.8 Å². The number of fused-ring (bicyclic) bond motifs is 1. The standard InChI is InChI=1S/C21H16ClN5O/c22-17-8-6-14(7-9-17)11-24-20(28)16-12-25-21(26-13-16)27-18-5-1-3-15-4-2-10-23-19(15)18/h1-10,12-13H,11H2,(H,24,28)(H,25,26,27). The summed E-state index contributed by atoms with van der Waals surface area (Å²) >= 11 is 5.86. The summed E-state index contributed by atoms with van der Waals surface area (Å²) in [7, 11) is 0. The zero-order valence-corrected chi connectivity index (χ0v) is 15.5. The van der Waals surface area contributed by atoms with Gasteiger partial charge in [0.1, 0.15) is 0 Å².